The topological polar surface area (TPSA) is 82.1 Å². The average Bonchev–Trinajstić information content (AvgIpc) is 1.49. The molecule has 36 heteroatoms. The van der Waals surface area contributed by atoms with E-state index in [-0.39, 0.29) is 24.6 Å². The summed E-state index contributed by atoms with van der Waals surface area (Å²) in [6, 6.07) is 1.99. The minimum Gasteiger partial charge on any atom is -0.354 e. The van der Waals surface area contributed by atoms with Gasteiger partial charge in [-0.25, -0.2) is 142 Å². The highest BCUT2D eigenvalue weighted by atomic mass is 19.2. The van der Waals surface area contributed by atoms with Crippen molar-refractivity contribution in [2.45, 2.75) is 0 Å². The fourth-order valence-corrected chi connectivity index (χ4v) is 11.3. The Morgan fingerprint density at radius 1 is 0.186 bits per heavy atom. The van der Waals surface area contributed by atoms with Crippen LogP contribution in [-0.4, -0.2) is 32.4 Å². The van der Waals surface area contributed by atoms with Crippen molar-refractivity contribution in [2.24, 2.45) is 9.98 Å². The number of nitrogens with one attached hydrogen (secondary N) is 2. The zero-order valence-electron chi connectivity index (χ0n) is 48.1. The van der Waals surface area contributed by atoms with Crippen LogP contribution < -0.4 is 0 Å². The van der Waals surface area contributed by atoms with Crippen LogP contribution >= 0.6 is 0 Å². The van der Waals surface area contributed by atoms with Crippen LogP contribution in [0.4, 0.5) is 143 Å². The SMILES string of the molecule is Fc1c(F)c(F)c(-c2c3cc(c(-c4c(F)c(F)c(F)c(F)c4F)c4ccc([nH]4)c(-c4c(F)c(F)c(F)c(F)c4F)c4nc(c(-c5c(F)c(F)c(F)c(F)c5F)c5cc(c(-c6c(F)c(F)c(F)c(F)c6F)c6ccc([nH]6)c(-c6c(F)c(F)c(F)c(F)c6F)c6nc2C=C6)N=C5)C=C4)N=C3)c(F)c1F. The zero-order chi connectivity index (χ0) is 73.9. The van der Waals surface area contributed by atoms with Crippen LogP contribution in [0, 0.1) is 175 Å². The number of aromatic amines is 2. The molecule has 4 aliphatic rings. The molecule has 0 spiro atoms. The van der Waals surface area contributed by atoms with Gasteiger partial charge in [0.25, 0.3) is 0 Å². The molecule has 0 atom stereocenters. The lowest BCUT2D eigenvalue weighted by Crippen LogP contribution is -2.06. The summed E-state index contributed by atoms with van der Waals surface area (Å²) >= 11 is 0. The second-order valence-electron chi connectivity index (χ2n) is 21.4. The van der Waals surface area contributed by atoms with Crippen molar-refractivity contribution in [1.82, 2.24) is 19.9 Å². The lowest BCUT2D eigenvalue weighted by atomic mass is 9.97. The summed E-state index contributed by atoms with van der Waals surface area (Å²) < 4.78 is 472. The van der Waals surface area contributed by atoms with Crippen LogP contribution in [-0.2, 0) is 0 Å². The van der Waals surface area contributed by atoms with Crippen LogP contribution in [0.2, 0.25) is 0 Å². The number of nitrogens with zero attached hydrogens (tertiary/aromatic N) is 4. The summed E-state index contributed by atoms with van der Waals surface area (Å²) in [7, 11) is 0. The van der Waals surface area contributed by atoms with Crippen molar-refractivity contribution in [3.05, 3.63) is 245 Å². The van der Waals surface area contributed by atoms with Gasteiger partial charge in [0.1, 0.15) is 0 Å². The van der Waals surface area contributed by atoms with E-state index in [0.29, 0.717) is 48.6 Å². The minimum atomic E-state index is -2.92. The second-order valence-corrected chi connectivity index (χ2v) is 21.4. The van der Waals surface area contributed by atoms with Gasteiger partial charge in [0, 0.05) is 79.0 Å². The molecule has 6 nitrogen and oxygen atoms in total. The number of aliphatic imine (C=N–C) groups is 2. The fourth-order valence-electron chi connectivity index (χ4n) is 11.3. The minimum absolute atomic E-state index is 0.209. The summed E-state index contributed by atoms with van der Waals surface area (Å²) in [5, 5.41) is 0. The van der Waals surface area contributed by atoms with Gasteiger partial charge in [-0.15, -0.1) is 0 Å². The number of hydrogen-bond donors (Lipinski definition) is 2. The smallest absolute Gasteiger partial charge is 0.200 e. The Morgan fingerprint density at radius 2 is 0.353 bits per heavy atom. The number of hydrogen-bond acceptors (Lipinski definition) is 4. The average molecular weight is 1460 g/mol. The van der Waals surface area contributed by atoms with E-state index in [0.717, 1.165) is 0 Å². The molecular formula is C66H14F30N6. The van der Waals surface area contributed by atoms with Crippen molar-refractivity contribution in [3.63, 3.8) is 0 Å². The van der Waals surface area contributed by atoms with E-state index in [1.165, 1.54) is 0 Å². The Balaban J connectivity index is 1.34. The number of aromatic nitrogens is 4. The third-order valence-corrected chi connectivity index (χ3v) is 15.9. The molecule has 0 fully saturated rings. The molecule has 518 valence electrons. The largest absolute Gasteiger partial charge is 0.354 e. The summed E-state index contributed by atoms with van der Waals surface area (Å²) in [5.74, 6) is -86.1. The number of fused-ring (bicyclic) bond motifs is 12. The zero-order valence-corrected chi connectivity index (χ0v) is 48.1. The van der Waals surface area contributed by atoms with E-state index in [1.807, 2.05) is 0 Å². The normalized spacial score (nSPS) is 12.5. The number of benzene rings is 6. The molecule has 9 aromatic rings. The molecule has 0 aliphatic carbocycles. The Morgan fingerprint density at radius 3 is 0.569 bits per heavy atom. The Labute approximate surface area is 542 Å². The lowest BCUT2D eigenvalue weighted by Gasteiger charge is -2.12. The monoisotopic (exact) mass is 1460 g/mol. The molecule has 0 radical (unpaired) electrons. The van der Waals surface area contributed by atoms with E-state index in [4.69, 9.17) is 0 Å². The summed E-state index contributed by atoms with van der Waals surface area (Å²) in [4.78, 5) is 19.5. The highest BCUT2D eigenvalue weighted by Gasteiger charge is 2.38. The molecule has 6 aromatic carbocycles. The first-order chi connectivity index (χ1) is 48.1. The van der Waals surface area contributed by atoms with Crippen molar-refractivity contribution in [1.29, 1.82) is 0 Å². The van der Waals surface area contributed by atoms with Gasteiger partial charge in [-0.3, -0.25) is 9.98 Å². The lowest BCUT2D eigenvalue weighted by molar-refractivity contribution is 0.381. The van der Waals surface area contributed by atoms with Crippen LogP contribution in [0.3, 0.4) is 0 Å². The third-order valence-electron chi connectivity index (χ3n) is 15.9. The number of rotatable bonds is 6. The predicted molar refractivity (Wildman–Crippen MR) is 300 cm³/mol. The van der Waals surface area contributed by atoms with Crippen LogP contribution in [0.25, 0.3) is 113 Å². The van der Waals surface area contributed by atoms with Gasteiger partial charge in [0.2, 0.25) is 34.9 Å². The van der Waals surface area contributed by atoms with Crippen molar-refractivity contribution in [3.8, 4) is 66.8 Å². The number of H-pyrrole nitrogens is 2. The van der Waals surface area contributed by atoms with Gasteiger partial charge < -0.3 is 9.97 Å². The Bertz CT molecular complexity index is 5100. The quantitative estimate of drug-likeness (QED) is 0.0988. The summed E-state index contributed by atoms with van der Waals surface area (Å²) in [5.41, 5.74) is -38.4. The van der Waals surface area contributed by atoms with Gasteiger partial charge in [-0.05, 0) is 60.7 Å². The van der Waals surface area contributed by atoms with E-state index in [1.54, 1.807) is 0 Å². The van der Waals surface area contributed by atoms with Gasteiger partial charge in [-0.1, -0.05) is 0 Å². The first-order valence-electron chi connectivity index (χ1n) is 27.4. The van der Waals surface area contributed by atoms with Gasteiger partial charge in [0.05, 0.1) is 67.5 Å². The van der Waals surface area contributed by atoms with Crippen LogP contribution in [0.1, 0.15) is 33.9 Å². The Hall–Kier alpha value is -11.9. The standard InChI is InChI=1S/C66H14F30N6/c67-37-31(38(68)50(80)61(91)49(37)79)25-13-9-23(97-11-13)29(35-45(75)57(87)65(95)58(88)46(35)76)22-8-6-20(102-22)28(34-43(73)55(85)64(94)56(86)44(34)74)18-4-2-16(100-18)26(32-39(69)51(81)62(92)52(82)40(32)70)14-10-24(98-12-14)30(36-47(77)59(89)66(96)60(90)48(36)78)21-7-5-19(101-21)27(17-3-1-15(25)99-17)33-41(71)53(83)63(93)54(84)42(33)72/h1-12,101-102H. The van der Waals surface area contributed by atoms with E-state index in [2.05, 4.69) is 29.9 Å². The highest BCUT2D eigenvalue weighted by Crippen LogP contribution is 2.49. The molecule has 4 aliphatic heterocycles. The maximum atomic E-state index is 16.4. The molecular weight excluding hydrogens is 1450 g/mol. The van der Waals surface area contributed by atoms with Crippen molar-refractivity contribution >= 4 is 70.2 Å². The molecule has 13 rings (SSSR count). The third kappa shape index (κ3) is 10.0. The Kier molecular flexibility index (Phi) is 16.5. The van der Waals surface area contributed by atoms with Gasteiger partial charge in [-0.2, -0.15) is 0 Å². The molecule has 0 unspecified atom stereocenters. The highest BCUT2D eigenvalue weighted by molar-refractivity contribution is 6.06. The first-order valence-corrected chi connectivity index (χ1v) is 27.4. The molecule has 0 amide bonds. The molecule has 102 heavy (non-hydrogen) atoms. The van der Waals surface area contributed by atoms with Gasteiger partial charge >= 0.3 is 0 Å². The maximum Gasteiger partial charge on any atom is 0.200 e. The molecule has 0 saturated carbocycles. The molecule has 3 aromatic heterocycles. The molecule has 0 saturated heterocycles. The first kappa shape index (κ1) is 68.6. The maximum absolute atomic E-state index is 16.4. The fraction of sp³-hybridized carbons (Fsp3) is 0. The van der Waals surface area contributed by atoms with Crippen LogP contribution in [0.5, 0.6) is 0 Å². The van der Waals surface area contributed by atoms with Crippen molar-refractivity contribution < 1.29 is 132 Å². The van der Waals surface area contributed by atoms with Gasteiger partial charge in [0.15, 0.2) is 140 Å². The molecule has 7 heterocycles. The van der Waals surface area contributed by atoms with Crippen LogP contribution in [0.15, 0.2) is 46.4 Å². The van der Waals surface area contributed by atoms with E-state index in [9.17, 15) is 26.3 Å². The number of halogens is 30. The van der Waals surface area contributed by atoms with E-state index >= 15 is 105 Å². The predicted octanol–water partition coefficient (Wildman–Crippen LogP) is 21.2. The molecule has 12 bridgehead atoms. The molecule has 2 N–H and O–H groups in total. The van der Waals surface area contributed by atoms with E-state index < -0.39 is 309 Å². The summed E-state index contributed by atoms with van der Waals surface area (Å²) in [6.07, 6.45) is 1.86. The second kappa shape index (κ2) is 24.5. The summed E-state index contributed by atoms with van der Waals surface area (Å²) in [6.45, 7) is 0. The van der Waals surface area contributed by atoms with Crippen molar-refractivity contribution in [2.75, 3.05) is 0 Å².